The van der Waals surface area contributed by atoms with Crippen molar-refractivity contribution in [1.82, 2.24) is 14.8 Å². The van der Waals surface area contributed by atoms with Gasteiger partial charge in [0.15, 0.2) is 0 Å². The number of likely N-dealkylation sites (tertiary alicyclic amines) is 1. The number of pyridine rings is 1. The Morgan fingerprint density at radius 2 is 1.96 bits per heavy atom. The first-order valence-electron chi connectivity index (χ1n) is 9.55. The maximum Gasteiger partial charge on any atom is 0.226 e. The predicted octanol–water partition coefficient (Wildman–Crippen LogP) is 3.34. The number of amides is 1. The van der Waals surface area contributed by atoms with Gasteiger partial charge in [-0.25, -0.2) is 0 Å². The van der Waals surface area contributed by atoms with Crippen molar-refractivity contribution in [2.45, 2.75) is 24.8 Å². The van der Waals surface area contributed by atoms with E-state index in [9.17, 15) is 4.79 Å². The molecule has 2 aliphatic rings. The van der Waals surface area contributed by atoms with E-state index in [1.54, 1.807) is 0 Å². The largest absolute Gasteiger partial charge is 0.345 e. The molecule has 2 fully saturated rings. The van der Waals surface area contributed by atoms with E-state index in [0.717, 1.165) is 25.9 Å². The molecule has 2 aromatic rings. The number of hydrogen-bond acceptors (Lipinski definition) is 3. The monoisotopic (exact) mass is 349 g/mol. The molecule has 2 heterocycles. The first-order chi connectivity index (χ1) is 12.6. The quantitative estimate of drug-likeness (QED) is 0.831. The molecule has 4 rings (SSSR count). The Morgan fingerprint density at radius 3 is 2.69 bits per heavy atom. The van der Waals surface area contributed by atoms with Gasteiger partial charge in [0, 0.05) is 37.9 Å². The number of aromatic nitrogens is 1. The number of hydrogen-bond donors (Lipinski definition) is 0. The summed E-state index contributed by atoms with van der Waals surface area (Å²) in [5.41, 5.74) is 2.56. The van der Waals surface area contributed by atoms with Crippen LogP contribution < -0.4 is 0 Å². The minimum absolute atomic E-state index is 0.165. The van der Waals surface area contributed by atoms with Gasteiger partial charge in [-0.05, 0) is 55.5 Å². The molecule has 0 radical (unpaired) electrons. The van der Waals surface area contributed by atoms with E-state index in [4.69, 9.17) is 0 Å². The molecule has 0 N–H and O–H groups in total. The van der Waals surface area contributed by atoms with Gasteiger partial charge in [-0.15, -0.1) is 0 Å². The Labute approximate surface area is 155 Å². The second-order valence-corrected chi connectivity index (χ2v) is 7.84. The van der Waals surface area contributed by atoms with Crippen LogP contribution in [0.4, 0.5) is 0 Å². The van der Waals surface area contributed by atoms with Gasteiger partial charge in [-0.3, -0.25) is 14.7 Å². The smallest absolute Gasteiger partial charge is 0.226 e. The summed E-state index contributed by atoms with van der Waals surface area (Å²) in [5.74, 6) is 1.34. The van der Waals surface area contributed by atoms with Crippen molar-refractivity contribution in [2.75, 3.05) is 27.2 Å². The molecule has 0 unspecified atom stereocenters. The van der Waals surface area contributed by atoms with Crippen LogP contribution in [0.2, 0.25) is 0 Å². The Kier molecular flexibility index (Phi) is 4.77. The third-order valence-corrected chi connectivity index (χ3v) is 6.02. The third-order valence-electron chi connectivity index (χ3n) is 6.02. The summed E-state index contributed by atoms with van der Waals surface area (Å²) in [5, 5.41) is 0. The van der Waals surface area contributed by atoms with E-state index in [2.05, 4.69) is 47.3 Å². The molecule has 4 atom stereocenters. The molecular formula is C22H27N3O. The summed E-state index contributed by atoms with van der Waals surface area (Å²) in [6.45, 7) is 1.89. The minimum Gasteiger partial charge on any atom is -0.345 e. The van der Waals surface area contributed by atoms with Crippen molar-refractivity contribution in [3.05, 3.63) is 66.0 Å². The Bertz CT molecular complexity index is 748. The maximum absolute atomic E-state index is 12.9. The van der Waals surface area contributed by atoms with Crippen molar-refractivity contribution in [1.29, 1.82) is 0 Å². The van der Waals surface area contributed by atoms with Crippen LogP contribution >= 0.6 is 0 Å². The minimum atomic E-state index is 0.165. The van der Waals surface area contributed by atoms with Crippen molar-refractivity contribution < 1.29 is 4.79 Å². The average molecular weight is 349 g/mol. The molecular weight excluding hydrogens is 322 g/mol. The summed E-state index contributed by atoms with van der Waals surface area (Å²) >= 11 is 0. The average Bonchev–Trinajstić information content (AvgIpc) is 3.40. The van der Waals surface area contributed by atoms with E-state index in [0.29, 0.717) is 23.8 Å². The highest BCUT2D eigenvalue weighted by Gasteiger charge is 2.45. The molecule has 26 heavy (non-hydrogen) atoms. The number of rotatable bonds is 5. The van der Waals surface area contributed by atoms with Crippen LogP contribution in [0.15, 0.2) is 54.9 Å². The van der Waals surface area contributed by atoms with Crippen LogP contribution in [0.1, 0.15) is 35.9 Å². The molecule has 1 aliphatic carbocycles. The number of nitrogens with zero attached hydrogens (tertiary/aromatic N) is 3. The van der Waals surface area contributed by atoms with Gasteiger partial charge >= 0.3 is 0 Å². The van der Waals surface area contributed by atoms with Crippen LogP contribution in [0.3, 0.4) is 0 Å². The van der Waals surface area contributed by atoms with E-state index in [1.807, 2.05) is 36.5 Å². The number of benzene rings is 1. The highest BCUT2D eigenvalue weighted by molar-refractivity contribution is 5.82. The van der Waals surface area contributed by atoms with Gasteiger partial charge in [0.1, 0.15) is 0 Å². The highest BCUT2D eigenvalue weighted by Crippen LogP contribution is 2.48. The summed E-state index contributed by atoms with van der Waals surface area (Å²) in [6, 6.07) is 14.9. The zero-order valence-corrected chi connectivity index (χ0v) is 15.6. The molecule has 0 bridgehead atoms. The summed E-state index contributed by atoms with van der Waals surface area (Å²) in [6.07, 6.45) is 5.90. The van der Waals surface area contributed by atoms with Crippen molar-refractivity contribution >= 4 is 5.91 Å². The topological polar surface area (TPSA) is 36.4 Å². The third kappa shape index (κ3) is 3.38. The molecule has 4 heteroatoms. The lowest BCUT2D eigenvalue weighted by Gasteiger charge is -2.29. The van der Waals surface area contributed by atoms with Gasteiger partial charge in [0.2, 0.25) is 5.91 Å². The van der Waals surface area contributed by atoms with Gasteiger partial charge in [0.05, 0.1) is 0 Å². The van der Waals surface area contributed by atoms with Crippen LogP contribution in [-0.4, -0.2) is 47.9 Å². The lowest BCUT2D eigenvalue weighted by molar-refractivity contribution is -0.132. The molecule has 4 nitrogen and oxygen atoms in total. The number of carbonyl (C=O) groups excluding carboxylic acids is 1. The van der Waals surface area contributed by atoms with E-state index in [-0.39, 0.29) is 5.92 Å². The van der Waals surface area contributed by atoms with Crippen LogP contribution in [0, 0.1) is 11.8 Å². The normalized spacial score (nSPS) is 28.1. The maximum atomic E-state index is 12.9. The van der Waals surface area contributed by atoms with Gasteiger partial charge < -0.3 is 4.90 Å². The van der Waals surface area contributed by atoms with Gasteiger partial charge in [-0.1, -0.05) is 36.4 Å². The molecule has 1 aromatic heterocycles. The molecule has 1 saturated carbocycles. The van der Waals surface area contributed by atoms with E-state index in [1.165, 1.54) is 11.1 Å². The first kappa shape index (κ1) is 17.2. The van der Waals surface area contributed by atoms with Gasteiger partial charge in [-0.2, -0.15) is 0 Å². The predicted molar refractivity (Wildman–Crippen MR) is 103 cm³/mol. The first-order valence-corrected chi connectivity index (χ1v) is 9.55. The van der Waals surface area contributed by atoms with Crippen molar-refractivity contribution in [3.8, 4) is 0 Å². The lowest BCUT2D eigenvalue weighted by Crippen LogP contribution is -2.35. The number of carbonyl (C=O) groups is 1. The molecule has 0 spiro atoms. The van der Waals surface area contributed by atoms with Crippen LogP contribution in [0.25, 0.3) is 0 Å². The van der Waals surface area contributed by atoms with E-state index < -0.39 is 0 Å². The second-order valence-electron chi connectivity index (χ2n) is 7.84. The zero-order chi connectivity index (χ0) is 18.1. The Hall–Kier alpha value is -2.20. The summed E-state index contributed by atoms with van der Waals surface area (Å²) in [7, 11) is 4.15. The fourth-order valence-electron chi connectivity index (χ4n) is 4.56. The summed E-state index contributed by atoms with van der Waals surface area (Å²) in [4.78, 5) is 21.6. The SMILES string of the molecule is CN(C[C@@H]1CCN(C)[C@H]1c1cccnc1)C(=O)[C@H]1C[C@H]1c1ccccc1. The lowest BCUT2D eigenvalue weighted by atomic mass is 9.94. The molecule has 1 saturated heterocycles. The molecule has 1 aromatic carbocycles. The van der Waals surface area contributed by atoms with Crippen LogP contribution in [0.5, 0.6) is 0 Å². The molecule has 136 valence electrons. The summed E-state index contributed by atoms with van der Waals surface area (Å²) < 4.78 is 0. The molecule has 1 aliphatic heterocycles. The standard InChI is InChI=1S/C22H27N3O/c1-24-12-10-18(21(24)17-9-6-11-23-14-17)15-25(2)22(26)20-13-19(20)16-7-4-3-5-8-16/h3-9,11,14,18-21H,10,12-13,15H2,1-2H3/t18-,19-,20-,21-/m0/s1. The molecule has 1 amide bonds. The van der Waals surface area contributed by atoms with Crippen molar-refractivity contribution in [3.63, 3.8) is 0 Å². The highest BCUT2D eigenvalue weighted by atomic mass is 16.2. The van der Waals surface area contributed by atoms with Gasteiger partial charge in [0.25, 0.3) is 0 Å². The Balaban J connectivity index is 1.40. The fraction of sp³-hybridized carbons (Fsp3) is 0.455. The van der Waals surface area contributed by atoms with E-state index >= 15 is 0 Å². The fourth-order valence-corrected chi connectivity index (χ4v) is 4.56. The van der Waals surface area contributed by atoms with Crippen LogP contribution in [-0.2, 0) is 4.79 Å². The van der Waals surface area contributed by atoms with Crippen molar-refractivity contribution in [2.24, 2.45) is 11.8 Å². The zero-order valence-electron chi connectivity index (χ0n) is 15.6. The second kappa shape index (κ2) is 7.20. The Morgan fingerprint density at radius 1 is 1.19 bits per heavy atom.